The smallest absolute Gasteiger partial charge is 0.307 e. The van der Waals surface area contributed by atoms with Gasteiger partial charge in [-0.2, -0.15) is 11.8 Å². The van der Waals surface area contributed by atoms with Crippen molar-refractivity contribution in [2.45, 2.75) is 6.92 Å². The topological polar surface area (TPSA) is 79.3 Å². The largest absolute Gasteiger partial charge is 0.481 e. The van der Waals surface area contributed by atoms with Crippen LogP contribution >= 0.6 is 23.4 Å². The highest BCUT2D eigenvalue weighted by atomic mass is 35.5. The zero-order valence-electron chi connectivity index (χ0n) is 9.72. The molecule has 0 aliphatic heterocycles. The Labute approximate surface area is 114 Å². The maximum absolute atomic E-state index is 11.6. The number of carboxylic acid groups (broad SMARTS) is 1. The summed E-state index contributed by atoms with van der Waals surface area (Å²) in [6.07, 6.45) is 1.53. The lowest BCUT2D eigenvalue weighted by Gasteiger charge is -2.07. The lowest BCUT2D eigenvalue weighted by atomic mass is 10.2. The Morgan fingerprint density at radius 2 is 2.33 bits per heavy atom. The molecule has 98 valence electrons. The molecule has 5 nitrogen and oxygen atoms in total. The fourth-order valence-corrected chi connectivity index (χ4v) is 2.10. The third-order valence-electron chi connectivity index (χ3n) is 2.06. The molecule has 0 fully saturated rings. The summed E-state index contributed by atoms with van der Waals surface area (Å²) in [4.78, 5) is 26.0. The van der Waals surface area contributed by atoms with Gasteiger partial charge in [0.05, 0.1) is 17.4 Å². The number of pyridine rings is 1. The van der Waals surface area contributed by atoms with Crippen LogP contribution in [0.2, 0.25) is 5.15 Å². The molecule has 1 unspecified atom stereocenters. The Morgan fingerprint density at radius 3 is 2.94 bits per heavy atom. The fourth-order valence-electron chi connectivity index (χ4n) is 1.07. The van der Waals surface area contributed by atoms with E-state index in [9.17, 15) is 9.59 Å². The van der Waals surface area contributed by atoms with E-state index in [1.165, 1.54) is 18.0 Å². The summed E-state index contributed by atoms with van der Waals surface area (Å²) >= 11 is 7.05. The van der Waals surface area contributed by atoms with Crippen molar-refractivity contribution in [3.8, 4) is 0 Å². The number of thioether (sulfide) groups is 1. The zero-order chi connectivity index (χ0) is 13.5. The summed E-state index contributed by atoms with van der Waals surface area (Å²) in [6.45, 7) is 1.60. The van der Waals surface area contributed by atoms with Crippen LogP contribution in [0.15, 0.2) is 18.3 Å². The Kier molecular flexibility index (Phi) is 5.94. The van der Waals surface area contributed by atoms with Crippen LogP contribution in [0.5, 0.6) is 0 Å². The monoisotopic (exact) mass is 288 g/mol. The van der Waals surface area contributed by atoms with Crippen LogP contribution in [-0.4, -0.2) is 33.5 Å². The Bertz CT molecular complexity index is 442. The van der Waals surface area contributed by atoms with Crippen LogP contribution in [0.3, 0.4) is 0 Å². The van der Waals surface area contributed by atoms with E-state index in [0.29, 0.717) is 11.4 Å². The zero-order valence-corrected chi connectivity index (χ0v) is 11.3. The number of hydrogen-bond acceptors (Lipinski definition) is 4. The number of amides is 1. The van der Waals surface area contributed by atoms with Gasteiger partial charge >= 0.3 is 5.97 Å². The summed E-state index contributed by atoms with van der Waals surface area (Å²) in [5, 5.41) is 11.5. The minimum atomic E-state index is -0.863. The molecule has 1 heterocycles. The molecule has 0 saturated carbocycles. The third kappa shape index (κ3) is 4.93. The van der Waals surface area contributed by atoms with E-state index in [-0.39, 0.29) is 16.8 Å². The van der Waals surface area contributed by atoms with Crippen LogP contribution in [0.4, 0.5) is 5.69 Å². The van der Waals surface area contributed by atoms with Gasteiger partial charge in [-0.25, -0.2) is 4.98 Å². The minimum absolute atomic E-state index is 0.183. The maximum Gasteiger partial charge on any atom is 0.307 e. The van der Waals surface area contributed by atoms with Crippen LogP contribution in [-0.2, 0) is 9.59 Å². The second-order valence-electron chi connectivity index (χ2n) is 3.64. The van der Waals surface area contributed by atoms with E-state index in [1.54, 1.807) is 19.1 Å². The lowest BCUT2D eigenvalue weighted by Crippen LogP contribution is -2.17. The summed E-state index contributed by atoms with van der Waals surface area (Å²) in [5.74, 6) is -0.984. The first-order valence-electron chi connectivity index (χ1n) is 5.21. The molecule has 7 heteroatoms. The van der Waals surface area contributed by atoms with Gasteiger partial charge in [0, 0.05) is 11.9 Å². The van der Waals surface area contributed by atoms with Crippen molar-refractivity contribution in [1.82, 2.24) is 4.98 Å². The molecule has 1 atom stereocenters. The summed E-state index contributed by atoms with van der Waals surface area (Å²) in [5.41, 5.74) is 0.455. The van der Waals surface area contributed by atoms with Crippen molar-refractivity contribution >= 4 is 40.9 Å². The van der Waals surface area contributed by atoms with Crippen molar-refractivity contribution in [2.24, 2.45) is 5.92 Å². The molecule has 1 aromatic heterocycles. The van der Waals surface area contributed by atoms with Gasteiger partial charge in [-0.1, -0.05) is 18.5 Å². The molecule has 0 bridgehead atoms. The lowest BCUT2D eigenvalue weighted by molar-refractivity contribution is -0.140. The Balaban J connectivity index is 2.35. The van der Waals surface area contributed by atoms with Gasteiger partial charge in [-0.05, 0) is 12.1 Å². The van der Waals surface area contributed by atoms with E-state index in [4.69, 9.17) is 16.7 Å². The molecule has 1 aromatic rings. The first kappa shape index (κ1) is 14.8. The van der Waals surface area contributed by atoms with E-state index in [0.717, 1.165) is 0 Å². The molecule has 0 saturated heterocycles. The molecule has 0 spiro atoms. The minimum Gasteiger partial charge on any atom is -0.481 e. The van der Waals surface area contributed by atoms with Gasteiger partial charge in [-0.15, -0.1) is 0 Å². The number of rotatable bonds is 6. The van der Waals surface area contributed by atoms with Crippen molar-refractivity contribution in [2.75, 3.05) is 16.8 Å². The van der Waals surface area contributed by atoms with E-state index < -0.39 is 11.9 Å². The quantitative estimate of drug-likeness (QED) is 0.784. The molecule has 0 aliphatic carbocycles. The molecule has 18 heavy (non-hydrogen) atoms. The average molecular weight is 289 g/mol. The molecule has 1 amide bonds. The van der Waals surface area contributed by atoms with Crippen LogP contribution in [0.1, 0.15) is 6.92 Å². The van der Waals surface area contributed by atoms with Crippen molar-refractivity contribution < 1.29 is 14.7 Å². The van der Waals surface area contributed by atoms with Crippen LogP contribution in [0.25, 0.3) is 0 Å². The van der Waals surface area contributed by atoms with Gasteiger partial charge < -0.3 is 10.4 Å². The summed E-state index contributed by atoms with van der Waals surface area (Å²) < 4.78 is 0. The highest BCUT2D eigenvalue weighted by Gasteiger charge is 2.12. The fraction of sp³-hybridized carbons (Fsp3) is 0.364. The van der Waals surface area contributed by atoms with Gasteiger partial charge in [0.2, 0.25) is 5.91 Å². The maximum atomic E-state index is 11.6. The van der Waals surface area contributed by atoms with Crippen molar-refractivity contribution in [3.63, 3.8) is 0 Å². The number of halogens is 1. The average Bonchev–Trinajstić information content (AvgIpc) is 2.32. The number of aromatic nitrogens is 1. The number of hydrogen-bond donors (Lipinski definition) is 2. The predicted molar refractivity (Wildman–Crippen MR) is 72.0 cm³/mol. The van der Waals surface area contributed by atoms with Gasteiger partial charge in [0.15, 0.2) is 5.15 Å². The first-order valence-corrected chi connectivity index (χ1v) is 6.75. The molecular formula is C11H13ClN2O3S. The number of aliphatic carboxylic acids is 1. The number of carbonyl (C=O) groups is 2. The molecule has 2 N–H and O–H groups in total. The standard InChI is InChI=1S/C11H13ClN2O3S/c1-7(11(16)17)5-18-6-9(15)14-8-3-2-4-13-10(8)12/h2-4,7H,5-6H2,1H3,(H,14,15)(H,16,17). The number of anilines is 1. The molecule has 0 radical (unpaired) electrons. The molecule has 0 aliphatic rings. The number of carbonyl (C=O) groups excluding carboxylic acids is 1. The molecule has 1 rings (SSSR count). The highest BCUT2D eigenvalue weighted by Crippen LogP contribution is 2.18. The van der Waals surface area contributed by atoms with Gasteiger partial charge in [0.1, 0.15) is 0 Å². The van der Waals surface area contributed by atoms with Crippen molar-refractivity contribution in [3.05, 3.63) is 23.5 Å². The number of carboxylic acids is 1. The van der Waals surface area contributed by atoms with Crippen molar-refractivity contribution in [1.29, 1.82) is 0 Å². The highest BCUT2D eigenvalue weighted by molar-refractivity contribution is 8.00. The van der Waals surface area contributed by atoms with E-state index in [1.807, 2.05) is 0 Å². The predicted octanol–water partition coefficient (Wildman–Crippen LogP) is 2.13. The Morgan fingerprint density at radius 1 is 1.61 bits per heavy atom. The normalized spacial score (nSPS) is 11.9. The van der Waals surface area contributed by atoms with Crippen LogP contribution in [0, 0.1) is 5.92 Å². The van der Waals surface area contributed by atoms with Gasteiger partial charge in [-0.3, -0.25) is 9.59 Å². The molecular weight excluding hydrogens is 276 g/mol. The first-order chi connectivity index (χ1) is 8.50. The SMILES string of the molecule is CC(CSCC(=O)Nc1cccnc1Cl)C(=O)O. The van der Waals surface area contributed by atoms with Gasteiger partial charge in [0.25, 0.3) is 0 Å². The summed E-state index contributed by atoms with van der Waals surface area (Å²) in [7, 11) is 0. The second kappa shape index (κ2) is 7.23. The Hall–Kier alpha value is -1.27. The number of nitrogens with one attached hydrogen (secondary N) is 1. The number of nitrogens with zero attached hydrogens (tertiary/aromatic N) is 1. The van der Waals surface area contributed by atoms with E-state index in [2.05, 4.69) is 10.3 Å². The second-order valence-corrected chi connectivity index (χ2v) is 5.03. The third-order valence-corrected chi connectivity index (χ3v) is 3.56. The summed E-state index contributed by atoms with van der Waals surface area (Å²) in [6, 6.07) is 3.32. The van der Waals surface area contributed by atoms with E-state index >= 15 is 0 Å². The van der Waals surface area contributed by atoms with Crippen LogP contribution < -0.4 is 5.32 Å². The molecule has 0 aromatic carbocycles.